The summed E-state index contributed by atoms with van der Waals surface area (Å²) in [6.45, 7) is 0.407. The molecule has 0 radical (unpaired) electrons. The molecule has 3 rings (SSSR count). The summed E-state index contributed by atoms with van der Waals surface area (Å²) < 4.78 is 20.0. The van der Waals surface area contributed by atoms with Crippen molar-refractivity contribution < 1.29 is 14.0 Å². The van der Waals surface area contributed by atoms with Gasteiger partial charge in [-0.3, -0.25) is 4.79 Å². The molecule has 0 spiro atoms. The van der Waals surface area contributed by atoms with Crippen LogP contribution < -0.4 is 4.74 Å². The number of carbonyl (C=O) groups is 1. The lowest BCUT2D eigenvalue weighted by Crippen LogP contribution is -2.31. The average molecular weight is 271 g/mol. The second kappa shape index (κ2) is 5.33. The van der Waals surface area contributed by atoms with Crippen LogP contribution in [0.2, 0.25) is 0 Å². The zero-order valence-corrected chi connectivity index (χ0v) is 10.8. The molecule has 0 N–H and O–H groups in total. The van der Waals surface area contributed by atoms with Crippen LogP contribution in [0, 0.1) is 0 Å². The maximum atomic E-state index is 14.5. The van der Waals surface area contributed by atoms with Gasteiger partial charge in [-0.15, -0.1) is 0 Å². The first-order valence-corrected chi connectivity index (χ1v) is 6.53. The van der Waals surface area contributed by atoms with Crippen molar-refractivity contribution in [2.45, 2.75) is 12.5 Å². The van der Waals surface area contributed by atoms with Crippen LogP contribution in [0.5, 0.6) is 5.75 Å². The molecule has 0 aliphatic carbocycles. The molecular weight excluding hydrogens is 257 g/mol. The number of nitrogens with zero attached hydrogens (tertiary/aromatic N) is 1. The fourth-order valence-corrected chi connectivity index (χ4v) is 2.40. The molecule has 20 heavy (non-hydrogen) atoms. The van der Waals surface area contributed by atoms with Gasteiger partial charge in [-0.2, -0.15) is 5.12 Å². The van der Waals surface area contributed by atoms with Crippen molar-refractivity contribution >= 4 is 5.91 Å². The highest BCUT2D eigenvalue weighted by Gasteiger charge is 2.31. The number of fused-ring (bicyclic) bond motifs is 1. The largest absolute Gasteiger partial charge is 0.493 e. The van der Waals surface area contributed by atoms with Gasteiger partial charge in [0.15, 0.2) is 0 Å². The number of benzene rings is 2. The van der Waals surface area contributed by atoms with Crippen molar-refractivity contribution in [2.75, 3.05) is 6.61 Å². The molecule has 0 fully saturated rings. The Morgan fingerprint density at radius 1 is 1.10 bits per heavy atom. The highest BCUT2D eigenvalue weighted by Crippen LogP contribution is 2.36. The van der Waals surface area contributed by atoms with Gasteiger partial charge in [-0.1, -0.05) is 40.9 Å². The summed E-state index contributed by atoms with van der Waals surface area (Å²) in [5, 5.41) is 0.316. The van der Waals surface area contributed by atoms with Crippen LogP contribution >= 0.6 is 0 Å². The van der Waals surface area contributed by atoms with Crippen LogP contribution in [0.3, 0.4) is 0 Å². The van der Waals surface area contributed by atoms with Crippen LogP contribution in [0.15, 0.2) is 54.6 Å². The fraction of sp³-hybridized carbons (Fsp3) is 0.188. The van der Waals surface area contributed by atoms with Crippen LogP contribution in [-0.4, -0.2) is 17.6 Å². The molecule has 2 aromatic carbocycles. The summed E-state index contributed by atoms with van der Waals surface area (Å²) >= 11 is 0. The Morgan fingerprint density at radius 3 is 2.60 bits per heavy atom. The second-order valence-electron chi connectivity index (χ2n) is 4.67. The maximum Gasteiger partial charge on any atom is 0.282 e. The first-order chi connectivity index (χ1) is 9.77. The van der Waals surface area contributed by atoms with Gasteiger partial charge in [-0.05, 0) is 18.2 Å². The van der Waals surface area contributed by atoms with E-state index in [1.165, 1.54) is 0 Å². The van der Waals surface area contributed by atoms with Crippen molar-refractivity contribution in [3.63, 3.8) is 0 Å². The summed E-state index contributed by atoms with van der Waals surface area (Å²) in [6.07, 6.45) is 0.450. The van der Waals surface area contributed by atoms with Crippen molar-refractivity contribution in [1.82, 2.24) is 5.12 Å². The number of carbonyl (C=O) groups excluding carboxylic acids is 1. The monoisotopic (exact) mass is 271 g/mol. The van der Waals surface area contributed by atoms with Crippen LogP contribution in [0.1, 0.15) is 28.4 Å². The molecule has 1 aliphatic heterocycles. The normalized spacial score (nSPS) is 16.9. The molecule has 4 heteroatoms. The lowest BCUT2D eigenvalue weighted by Gasteiger charge is -2.29. The minimum Gasteiger partial charge on any atom is -0.493 e. The Hall–Kier alpha value is -2.36. The number of hydrogen-bond donors (Lipinski definition) is 0. The first kappa shape index (κ1) is 12.7. The topological polar surface area (TPSA) is 29.5 Å². The SMILES string of the molecule is O=C(c1ccccc1)N(F)C1CCOc2ccccc21. The molecule has 1 aliphatic rings. The Balaban J connectivity index is 1.89. The number of rotatable bonds is 2. The van der Waals surface area contributed by atoms with E-state index in [1.807, 2.05) is 12.1 Å². The van der Waals surface area contributed by atoms with Crippen molar-refractivity contribution in [3.8, 4) is 5.75 Å². The Bertz CT molecular complexity index is 615. The quantitative estimate of drug-likeness (QED) is 0.782. The summed E-state index contributed by atoms with van der Waals surface area (Å²) in [4.78, 5) is 12.2. The minimum atomic E-state index is -0.618. The van der Waals surface area contributed by atoms with Crippen LogP contribution in [0.4, 0.5) is 4.48 Å². The van der Waals surface area contributed by atoms with Crippen molar-refractivity contribution in [3.05, 3.63) is 65.7 Å². The molecule has 1 atom stereocenters. The highest BCUT2D eigenvalue weighted by atomic mass is 19.2. The van der Waals surface area contributed by atoms with E-state index >= 15 is 0 Å². The van der Waals surface area contributed by atoms with Gasteiger partial charge in [0.05, 0.1) is 12.6 Å². The smallest absolute Gasteiger partial charge is 0.282 e. The zero-order valence-electron chi connectivity index (χ0n) is 10.8. The van der Waals surface area contributed by atoms with E-state index in [-0.39, 0.29) is 0 Å². The first-order valence-electron chi connectivity index (χ1n) is 6.53. The van der Waals surface area contributed by atoms with Gasteiger partial charge in [0.1, 0.15) is 5.75 Å². The van der Waals surface area contributed by atoms with Crippen LogP contribution in [-0.2, 0) is 0 Å². The Kier molecular flexibility index (Phi) is 3.37. The number of hydrogen-bond acceptors (Lipinski definition) is 2. The molecule has 0 aromatic heterocycles. The molecule has 1 unspecified atom stereocenters. The molecule has 3 nitrogen and oxygen atoms in total. The summed E-state index contributed by atoms with van der Waals surface area (Å²) in [5.41, 5.74) is 1.06. The van der Waals surface area contributed by atoms with Crippen LogP contribution in [0.25, 0.3) is 0 Å². The van der Waals surface area contributed by atoms with Crippen molar-refractivity contribution in [1.29, 1.82) is 0 Å². The average Bonchev–Trinajstić information content (AvgIpc) is 2.54. The molecule has 0 saturated heterocycles. The predicted octanol–water partition coefficient (Wildman–Crippen LogP) is 3.54. The predicted molar refractivity (Wildman–Crippen MR) is 73.0 cm³/mol. The highest BCUT2D eigenvalue weighted by molar-refractivity contribution is 5.93. The second-order valence-corrected chi connectivity index (χ2v) is 4.67. The Labute approximate surface area is 116 Å². The summed E-state index contributed by atoms with van der Waals surface area (Å²) in [5.74, 6) is 0.0274. The van der Waals surface area contributed by atoms with Gasteiger partial charge in [-0.25, -0.2) is 0 Å². The zero-order chi connectivity index (χ0) is 13.9. The van der Waals surface area contributed by atoms with E-state index in [1.54, 1.807) is 42.5 Å². The molecule has 2 aromatic rings. The number of amides is 1. The fourth-order valence-electron chi connectivity index (χ4n) is 2.40. The van der Waals surface area contributed by atoms with E-state index in [4.69, 9.17) is 4.74 Å². The Morgan fingerprint density at radius 2 is 1.80 bits per heavy atom. The molecule has 0 bridgehead atoms. The van der Waals surface area contributed by atoms with Crippen molar-refractivity contribution in [2.24, 2.45) is 0 Å². The third kappa shape index (κ3) is 2.25. The van der Waals surface area contributed by atoms with E-state index in [2.05, 4.69) is 0 Å². The number of ether oxygens (including phenoxy) is 1. The maximum absolute atomic E-state index is 14.5. The van der Waals surface area contributed by atoms with Gasteiger partial charge < -0.3 is 4.74 Å². The molecule has 1 heterocycles. The van der Waals surface area contributed by atoms with E-state index in [0.29, 0.717) is 35.0 Å². The van der Waals surface area contributed by atoms with Gasteiger partial charge in [0, 0.05) is 17.5 Å². The van der Waals surface area contributed by atoms with E-state index < -0.39 is 11.9 Å². The number of para-hydroxylation sites is 1. The minimum absolute atomic E-state index is 0.316. The van der Waals surface area contributed by atoms with Gasteiger partial charge in [0.2, 0.25) is 0 Å². The molecule has 0 saturated carbocycles. The standard InChI is InChI=1S/C16H14FNO2/c17-18(16(19)12-6-2-1-3-7-12)14-10-11-20-15-9-5-4-8-13(14)15/h1-9,14H,10-11H2. The third-order valence-electron chi connectivity index (χ3n) is 3.42. The van der Waals surface area contributed by atoms with Gasteiger partial charge >= 0.3 is 0 Å². The van der Waals surface area contributed by atoms with Gasteiger partial charge in [0.25, 0.3) is 5.91 Å². The number of halogens is 1. The van der Waals surface area contributed by atoms with E-state index in [0.717, 1.165) is 0 Å². The lowest BCUT2D eigenvalue weighted by atomic mass is 10.00. The third-order valence-corrected chi connectivity index (χ3v) is 3.42. The molecular formula is C16H14FNO2. The molecule has 1 amide bonds. The molecule has 102 valence electrons. The lowest BCUT2D eigenvalue weighted by molar-refractivity contribution is -0.0177. The summed E-state index contributed by atoms with van der Waals surface area (Å²) in [6, 6.07) is 15.1. The van der Waals surface area contributed by atoms with E-state index in [9.17, 15) is 9.28 Å². The summed E-state index contributed by atoms with van der Waals surface area (Å²) in [7, 11) is 0.